The Balaban J connectivity index is 1.10. The number of aliphatic hydroxyl groups excluding tert-OH is 1. The number of likely N-dealkylation sites (tertiary alicyclic amines) is 1. The number of rotatable bonds is 8. The first-order valence-electron chi connectivity index (χ1n) is 13.6. The largest absolute Gasteiger partial charge is 0.416 e. The van der Waals surface area contributed by atoms with Gasteiger partial charge in [-0.3, -0.25) is 0 Å². The molecule has 4 atom stereocenters. The number of benzene rings is 1. The van der Waals surface area contributed by atoms with E-state index in [1.807, 2.05) is 29.0 Å². The van der Waals surface area contributed by atoms with Crippen LogP contribution in [0.1, 0.15) is 50.9 Å². The third-order valence-corrected chi connectivity index (χ3v) is 13.0. The first-order chi connectivity index (χ1) is 18.0. The van der Waals surface area contributed by atoms with Crippen LogP contribution < -0.4 is 0 Å². The molecule has 1 saturated heterocycles. The van der Waals surface area contributed by atoms with Gasteiger partial charge in [-0.15, -0.1) is 0 Å². The van der Waals surface area contributed by atoms with Crippen molar-refractivity contribution in [3.05, 3.63) is 59.8 Å². The number of nitrogens with zero attached hydrogens (tertiary/aromatic N) is 4. The molecule has 1 saturated carbocycles. The molecule has 2 fully saturated rings. The lowest BCUT2D eigenvalue weighted by Gasteiger charge is -2.36. The highest BCUT2D eigenvalue weighted by Gasteiger charge is 2.54. The zero-order valence-corrected chi connectivity index (χ0v) is 24.4. The van der Waals surface area contributed by atoms with Crippen LogP contribution in [0.5, 0.6) is 0 Å². The van der Waals surface area contributed by atoms with E-state index in [1.54, 1.807) is 13.1 Å². The Morgan fingerprint density at radius 3 is 2.55 bits per heavy atom. The van der Waals surface area contributed by atoms with Crippen molar-refractivity contribution in [1.29, 1.82) is 0 Å². The molecule has 1 aliphatic carbocycles. The summed E-state index contributed by atoms with van der Waals surface area (Å²) in [5, 5.41) is 14.3. The van der Waals surface area contributed by atoms with Gasteiger partial charge in [-0.2, -0.15) is 0 Å². The Bertz CT molecular complexity index is 1300. The fraction of sp³-hybridized carbons (Fsp3) is 0.533. The van der Waals surface area contributed by atoms with Crippen molar-refractivity contribution < 1.29 is 14.1 Å². The number of hydrogen-bond donors (Lipinski definition) is 1. The molecule has 0 amide bonds. The predicted octanol–water partition coefficient (Wildman–Crippen LogP) is 5.19. The maximum absolute atomic E-state index is 9.85. The van der Waals surface area contributed by atoms with E-state index in [0.29, 0.717) is 35.9 Å². The Kier molecular flexibility index (Phi) is 7.40. The number of fused-ring (bicyclic) bond motifs is 1. The highest BCUT2D eigenvalue weighted by Crippen LogP contribution is 2.51. The minimum Gasteiger partial charge on any atom is -0.416 e. The molecule has 2 aromatic heterocycles. The van der Waals surface area contributed by atoms with E-state index in [4.69, 9.17) is 8.95 Å². The highest BCUT2D eigenvalue weighted by molar-refractivity contribution is 6.74. The summed E-state index contributed by atoms with van der Waals surface area (Å²) in [6, 6.07) is 10.1. The summed E-state index contributed by atoms with van der Waals surface area (Å²) in [5.74, 6) is 10.2. The van der Waals surface area contributed by atoms with Crippen molar-refractivity contribution in [2.45, 2.75) is 58.5 Å². The van der Waals surface area contributed by atoms with Crippen molar-refractivity contribution in [1.82, 2.24) is 19.6 Å². The lowest BCUT2D eigenvalue weighted by Crippen LogP contribution is -2.42. The smallest absolute Gasteiger partial charge is 0.192 e. The zero-order chi connectivity index (χ0) is 27.1. The molecule has 0 radical (unpaired) electrons. The third kappa shape index (κ3) is 5.81. The number of hydrogen-bond acceptors (Lipinski definition) is 6. The van der Waals surface area contributed by atoms with Crippen LogP contribution in [-0.4, -0.2) is 59.3 Å². The highest BCUT2D eigenvalue weighted by atomic mass is 28.4. The van der Waals surface area contributed by atoms with Crippen LogP contribution in [0.2, 0.25) is 18.1 Å². The molecule has 202 valence electrons. The Labute approximate surface area is 227 Å². The summed E-state index contributed by atoms with van der Waals surface area (Å²) in [6.45, 7) is 17.9. The lowest BCUT2D eigenvalue weighted by atomic mass is 10.1. The summed E-state index contributed by atoms with van der Waals surface area (Å²) in [6.07, 6.45) is 2.88. The fourth-order valence-electron chi connectivity index (χ4n) is 5.06. The lowest BCUT2D eigenvalue weighted by molar-refractivity contribution is 0.184. The van der Waals surface area contributed by atoms with Crippen molar-refractivity contribution in [2.24, 2.45) is 17.8 Å². The van der Waals surface area contributed by atoms with E-state index >= 15 is 0 Å². The van der Waals surface area contributed by atoms with Gasteiger partial charge in [0.1, 0.15) is 17.6 Å². The summed E-state index contributed by atoms with van der Waals surface area (Å²) in [7, 11) is -1.66. The molecule has 3 heterocycles. The van der Waals surface area contributed by atoms with Gasteiger partial charge in [0.2, 0.25) is 0 Å². The second-order valence-corrected chi connectivity index (χ2v) is 17.1. The van der Waals surface area contributed by atoms with Gasteiger partial charge in [0.05, 0.1) is 6.54 Å². The molecule has 0 spiro atoms. The zero-order valence-electron chi connectivity index (χ0n) is 23.4. The second kappa shape index (κ2) is 10.5. The van der Waals surface area contributed by atoms with Crippen molar-refractivity contribution in [2.75, 3.05) is 26.2 Å². The molecule has 7 nitrogen and oxygen atoms in total. The van der Waals surface area contributed by atoms with E-state index < -0.39 is 14.4 Å². The van der Waals surface area contributed by atoms with E-state index in [1.165, 1.54) is 0 Å². The molecular weight excluding hydrogens is 492 g/mol. The van der Waals surface area contributed by atoms with Crippen LogP contribution in [0.3, 0.4) is 0 Å². The Morgan fingerprint density at radius 2 is 1.89 bits per heavy atom. The summed E-state index contributed by atoms with van der Waals surface area (Å²) in [5.41, 5.74) is 2.78. The number of aromatic nitrogens is 3. The molecule has 0 bridgehead atoms. The van der Waals surface area contributed by atoms with Crippen LogP contribution >= 0.6 is 0 Å². The third-order valence-electron chi connectivity index (χ3n) is 8.51. The average molecular weight is 533 g/mol. The maximum Gasteiger partial charge on any atom is 0.192 e. The minimum absolute atomic E-state index is 0.266. The predicted molar refractivity (Wildman–Crippen MR) is 151 cm³/mol. The monoisotopic (exact) mass is 532 g/mol. The van der Waals surface area contributed by atoms with Gasteiger partial charge in [0, 0.05) is 61.7 Å². The average Bonchev–Trinajstić information content (AvgIpc) is 3.33. The van der Waals surface area contributed by atoms with Gasteiger partial charge in [0.25, 0.3) is 0 Å². The van der Waals surface area contributed by atoms with Gasteiger partial charge >= 0.3 is 0 Å². The molecule has 1 aliphatic heterocycles. The van der Waals surface area contributed by atoms with E-state index in [2.05, 4.69) is 72.9 Å². The van der Waals surface area contributed by atoms with Gasteiger partial charge in [0.15, 0.2) is 14.1 Å². The SMILES string of the molecule is C[C@H](O)c1nccn1Cc1cc(-c2ccc(C#C[C@@H]3[C@H]4CN(CCO[Si](C)(C)C(C)(C)C)C[C@@H]34)cc2)on1. The van der Waals surface area contributed by atoms with E-state index in [-0.39, 0.29) is 5.04 Å². The van der Waals surface area contributed by atoms with Crippen molar-refractivity contribution in [3.8, 4) is 23.2 Å². The van der Waals surface area contributed by atoms with Crippen LogP contribution in [0.4, 0.5) is 0 Å². The molecule has 1 N–H and O–H groups in total. The van der Waals surface area contributed by atoms with Crippen molar-refractivity contribution in [3.63, 3.8) is 0 Å². The van der Waals surface area contributed by atoms with Crippen molar-refractivity contribution >= 4 is 8.32 Å². The summed E-state index contributed by atoms with van der Waals surface area (Å²) >= 11 is 0. The molecule has 2 aliphatic rings. The molecule has 38 heavy (non-hydrogen) atoms. The molecule has 8 heteroatoms. The van der Waals surface area contributed by atoms with Gasteiger partial charge < -0.3 is 23.5 Å². The molecule has 0 unspecified atom stereocenters. The van der Waals surface area contributed by atoms with Crippen LogP contribution in [-0.2, 0) is 11.0 Å². The quantitative estimate of drug-likeness (QED) is 0.318. The number of aliphatic hydroxyl groups is 1. The fourth-order valence-corrected chi connectivity index (χ4v) is 6.10. The molecule has 3 aromatic rings. The first kappa shape index (κ1) is 26.9. The van der Waals surface area contributed by atoms with Crippen LogP contribution in [0.15, 0.2) is 47.2 Å². The van der Waals surface area contributed by atoms with Crippen LogP contribution in [0, 0.1) is 29.6 Å². The summed E-state index contributed by atoms with van der Waals surface area (Å²) in [4.78, 5) is 6.76. The van der Waals surface area contributed by atoms with Gasteiger partial charge in [-0.25, -0.2) is 4.98 Å². The molecular formula is C30H40N4O3Si. The standard InChI is InChI=1S/C30H40N4O3Si/c1-21(35)29-31-13-14-34(29)18-24-17-28(37-32-24)23-10-7-22(8-11-23)9-12-25-26-19-33(20-27(25)26)15-16-36-38(5,6)30(2,3)4/h7-8,10-11,13-14,17,21,25-27,35H,15-16,18-20H2,1-6H3/t21-,25-,26-,27+/m0/s1. The van der Waals surface area contributed by atoms with E-state index in [0.717, 1.165) is 43.1 Å². The number of piperidine rings is 1. The van der Waals surface area contributed by atoms with Crippen LogP contribution in [0.25, 0.3) is 11.3 Å². The topological polar surface area (TPSA) is 76.6 Å². The van der Waals surface area contributed by atoms with E-state index in [9.17, 15) is 5.11 Å². The number of imidazole rings is 1. The van der Waals surface area contributed by atoms with Gasteiger partial charge in [-0.1, -0.05) is 37.8 Å². The first-order valence-corrected chi connectivity index (χ1v) is 16.6. The molecule has 1 aromatic carbocycles. The molecule has 5 rings (SSSR count). The summed E-state index contributed by atoms with van der Waals surface area (Å²) < 4.78 is 13.8. The Hall–Kier alpha value is -2.70. The second-order valence-electron chi connectivity index (χ2n) is 12.3. The van der Waals surface area contributed by atoms with Gasteiger partial charge in [-0.05, 0) is 61.2 Å². The maximum atomic E-state index is 9.85. The minimum atomic E-state index is -1.66. The Morgan fingerprint density at radius 1 is 1.18 bits per heavy atom. The normalized spacial score (nSPS) is 22.1.